The molecule has 0 radical (unpaired) electrons. The van der Waals surface area contributed by atoms with Crippen LogP contribution in [0.4, 0.5) is 0 Å². The fraction of sp³-hybridized carbons (Fsp3) is 0.554. The van der Waals surface area contributed by atoms with Gasteiger partial charge >= 0.3 is 13.1 Å². The summed E-state index contributed by atoms with van der Waals surface area (Å²) in [6, 6.07) is 18.6. The zero-order valence-corrected chi connectivity index (χ0v) is 62.6. The highest BCUT2D eigenvalue weighted by molar-refractivity contribution is 6.59. The van der Waals surface area contributed by atoms with Gasteiger partial charge in [0.15, 0.2) is 23.7 Å². The van der Waals surface area contributed by atoms with Crippen LogP contribution in [0, 0.1) is 41.4 Å². The number of ketones is 2. The van der Waals surface area contributed by atoms with Crippen LogP contribution in [0.1, 0.15) is 139 Å². The lowest BCUT2D eigenvalue weighted by Gasteiger charge is -2.39. The van der Waals surface area contributed by atoms with Gasteiger partial charge in [-0.1, -0.05) is 189 Å². The van der Waals surface area contributed by atoms with Gasteiger partial charge in [-0.05, 0) is 115 Å². The lowest BCUT2D eigenvalue weighted by atomic mass is 9.80. The van der Waals surface area contributed by atoms with Gasteiger partial charge in [0.25, 0.3) is 5.91 Å². The third kappa shape index (κ3) is 21.3. The fourth-order valence-corrected chi connectivity index (χ4v) is 13.9. The van der Waals surface area contributed by atoms with Crippen LogP contribution in [0.25, 0.3) is 11.1 Å². The van der Waals surface area contributed by atoms with Gasteiger partial charge in [-0.2, -0.15) is 0 Å². The Morgan fingerprint density at radius 1 is 0.592 bits per heavy atom. The van der Waals surface area contributed by atoms with Crippen molar-refractivity contribution in [1.29, 1.82) is 0 Å². The summed E-state index contributed by atoms with van der Waals surface area (Å²) in [6.07, 6.45) is -0.384. The molecule has 0 aromatic heterocycles. The van der Waals surface area contributed by atoms with Gasteiger partial charge < -0.3 is 49.7 Å². The summed E-state index contributed by atoms with van der Waals surface area (Å²) in [6.45, 7) is 21.0. The maximum absolute atomic E-state index is 15.7. The van der Waals surface area contributed by atoms with Gasteiger partial charge in [-0.15, -0.1) is 0 Å². The first-order valence-electron chi connectivity index (χ1n) is 33.9. The monoisotopic (exact) mass is 1430 g/mol. The van der Waals surface area contributed by atoms with Crippen LogP contribution in [-0.4, -0.2) is 182 Å². The summed E-state index contributed by atoms with van der Waals surface area (Å²) < 4.78 is 6.15. The van der Waals surface area contributed by atoms with Crippen molar-refractivity contribution in [2.45, 2.75) is 189 Å². The number of esters is 1. The lowest BCUT2D eigenvalue weighted by molar-refractivity contribution is -0.178. The molecule has 19 nitrogen and oxygen atoms in total. The largest absolute Gasteiger partial charge is 0.488 e. The zero-order valence-electron chi connectivity index (χ0n) is 59.6. The maximum atomic E-state index is 15.7. The molecule has 2 saturated heterocycles. The van der Waals surface area contributed by atoms with E-state index >= 15 is 28.8 Å². The zero-order chi connectivity index (χ0) is 73.5. The topological polar surface area (TPSA) is 252 Å². The van der Waals surface area contributed by atoms with Crippen LogP contribution in [0.2, 0.25) is 20.1 Å². The summed E-state index contributed by atoms with van der Waals surface area (Å²) in [4.78, 5) is 143. The standard InChI is InChI=1S/C68H96Cl2N6O11.C6H5BCl2O2/c1-17-42(9)49-38-55(77)53-28-23-31-76(53)65(83)54(35-45-26-22-27-46(33-45)47-29-30-50(69)51(70)36-47)72(13)64(82)52(34-44-24-20-19-21-25-44)71-61(79)58(41(7)8)74(15)66(84)59(43(10)18-2)87-67(85)60(68(11,12)86)75(16)62(80)48(32-39(3)4)37-56(78)57(40(5)6)73(14)63(49)81;8-5-2-1-4(7(10)11)3-6(5)9/h19-22,24-27,29-30,33,36,39-43,48-49,52-54,57-60,86H,17-18,23,28,31-32,34-35,37-38H2,1-16H3,(H,71,79);1-3,10-11H/t42?,43?,48-,49+,52+,53?,54?,57+,58+,59-,60-;/m1./s1. The first kappa shape index (κ1) is 82.3. The number of fused-ring (bicyclic) bond motifs is 1. The van der Waals surface area contributed by atoms with E-state index in [1.165, 1.54) is 79.8 Å². The predicted molar refractivity (Wildman–Crippen MR) is 385 cm³/mol. The number of nitrogens with zero attached hydrogens (tertiary/aromatic N) is 5. The van der Waals surface area contributed by atoms with Crippen molar-refractivity contribution in [2.75, 3.05) is 34.7 Å². The minimum atomic E-state index is -1.96. The molecule has 2 aliphatic rings. The molecule has 2 heterocycles. The predicted octanol–water partition coefficient (Wildman–Crippen LogP) is 10.2. The van der Waals surface area contributed by atoms with Gasteiger partial charge in [-0.3, -0.25) is 38.4 Å². The van der Waals surface area contributed by atoms with Crippen molar-refractivity contribution in [3.8, 4) is 11.1 Å². The van der Waals surface area contributed by atoms with Gasteiger partial charge in [0, 0.05) is 78.2 Å². The highest BCUT2D eigenvalue weighted by Crippen LogP contribution is 2.34. The molecule has 24 heteroatoms. The quantitative estimate of drug-likeness (QED) is 0.0639. The number of rotatable bonds is 15. The molecular formula is C74H101BCl4N6O13. The molecule has 4 aromatic rings. The number of Topliss-reactive ketones (excluding diaryl/α,β-unsaturated/α-hetero) is 2. The molecule has 11 atom stereocenters. The van der Waals surface area contributed by atoms with E-state index in [0.29, 0.717) is 62.4 Å². The molecule has 4 aromatic carbocycles. The number of benzene rings is 4. The van der Waals surface area contributed by atoms with Gasteiger partial charge in [0.1, 0.15) is 18.1 Å². The SMILES string of the molecule is CCC(C)[C@@H]1CC(=O)C2CCCN2C(=O)C(Cc2cccc(-c3ccc(Cl)c(Cl)c3)c2)N(C)C(=O)[C@H](Cc2ccccc2)NC(=O)[C@H](C(C)C)N(C)C(=O)[C@@H](C(C)CC)OC(=O)[C@H](C(C)(C)O)N(C)C(=O)[C@H](CC(C)C)CC(=O)[C@H](C(C)C)N(C)C1=O.OB(O)c1ccc(Cl)c(Cl)c1. The van der Waals surface area contributed by atoms with E-state index in [0.717, 1.165) is 16.0 Å². The lowest BCUT2D eigenvalue weighted by Crippen LogP contribution is -2.61. The minimum absolute atomic E-state index is 0.0294. The number of ether oxygens (including phenoxy) is 1. The van der Waals surface area contributed by atoms with Crippen molar-refractivity contribution in [1.82, 2.24) is 29.8 Å². The number of likely N-dealkylation sites (N-methyl/N-ethyl adjacent to an activating group) is 4. The fourth-order valence-electron chi connectivity index (χ4n) is 13.3. The Labute approximate surface area is 599 Å². The highest BCUT2D eigenvalue weighted by atomic mass is 35.5. The van der Waals surface area contributed by atoms with E-state index in [1.54, 1.807) is 65.8 Å². The number of hydrogen-bond donors (Lipinski definition) is 4. The maximum Gasteiger partial charge on any atom is 0.488 e. The molecule has 6 amide bonds. The third-order valence-corrected chi connectivity index (χ3v) is 20.5. The molecule has 536 valence electrons. The Kier molecular flexibility index (Phi) is 30.9. The number of amides is 6. The summed E-state index contributed by atoms with van der Waals surface area (Å²) >= 11 is 24.0. The van der Waals surface area contributed by atoms with Crippen LogP contribution >= 0.6 is 46.4 Å². The molecule has 0 aliphatic carbocycles. The number of halogens is 4. The van der Waals surface area contributed by atoms with E-state index < -0.39 is 132 Å². The van der Waals surface area contributed by atoms with E-state index in [1.807, 2.05) is 76.2 Å². The molecule has 6 rings (SSSR count). The van der Waals surface area contributed by atoms with Crippen molar-refractivity contribution >= 4 is 112 Å². The molecule has 4 N–H and O–H groups in total. The van der Waals surface area contributed by atoms with Crippen LogP contribution in [0.3, 0.4) is 0 Å². The Hall–Kier alpha value is -6.39. The number of carbonyl (C=O) groups is 9. The number of nitrogens with one attached hydrogen (secondary N) is 1. The summed E-state index contributed by atoms with van der Waals surface area (Å²) in [5.41, 5.74) is 1.22. The summed E-state index contributed by atoms with van der Waals surface area (Å²) in [5.74, 6) is -9.66. The first-order valence-corrected chi connectivity index (χ1v) is 35.4. The second kappa shape index (κ2) is 36.8. The van der Waals surface area contributed by atoms with Gasteiger partial charge in [0.05, 0.1) is 37.8 Å². The molecule has 0 bridgehead atoms. The minimum Gasteiger partial charge on any atom is -0.450 e. The number of aliphatic hydroxyl groups is 1. The second-order valence-corrected chi connectivity index (χ2v) is 29.8. The Bertz CT molecular complexity index is 3440. The molecule has 4 unspecified atom stereocenters. The smallest absolute Gasteiger partial charge is 0.450 e. The van der Waals surface area contributed by atoms with E-state index in [4.69, 9.17) is 61.2 Å². The molecule has 2 aliphatic heterocycles. The number of hydrogen-bond acceptors (Lipinski definition) is 13. The van der Waals surface area contributed by atoms with Crippen molar-refractivity contribution < 1.29 is 63.0 Å². The molecule has 0 spiro atoms. The summed E-state index contributed by atoms with van der Waals surface area (Å²) in [7, 11) is 4.30. The van der Waals surface area contributed by atoms with E-state index in [-0.39, 0.29) is 56.3 Å². The van der Waals surface area contributed by atoms with Crippen molar-refractivity contribution in [3.05, 3.63) is 122 Å². The number of cyclic esters (lactones) is 1. The Morgan fingerprint density at radius 2 is 1.16 bits per heavy atom. The average Bonchev–Trinajstić information content (AvgIpc) is 1.18. The van der Waals surface area contributed by atoms with E-state index in [9.17, 15) is 19.5 Å². The Balaban J connectivity index is 0.00000143. The number of carbonyl (C=O) groups excluding carboxylic acids is 9. The summed E-state index contributed by atoms with van der Waals surface area (Å²) in [5, 5.41) is 33.6. The van der Waals surface area contributed by atoms with Crippen LogP contribution in [0.5, 0.6) is 0 Å². The van der Waals surface area contributed by atoms with Crippen molar-refractivity contribution in [2.24, 2.45) is 41.4 Å². The molecule has 2 fully saturated rings. The van der Waals surface area contributed by atoms with Gasteiger partial charge in [0.2, 0.25) is 29.5 Å². The molecular weight excluding hydrogens is 1330 g/mol. The second-order valence-electron chi connectivity index (χ2n) is 28.2. The van der Waals surface area contributed by atoms with Crippen LogP contribution in [-0.2, 0) is 60.7 Å². The van der Waals surface area contributed by atoms with Crippen LogP contribution < -0.4 is 10.8 Å². The van der Waals surface area contributed by atoms with Crippen LogP contribution in [0.15, 0.2) is 91.0 Å². The average molecular weight is 1440 g/mol. The first-order chi connectivity index (χ1) is 45.9. The van der Waals surface area contributed by atoms with E-state index in [2.05, 4.69) is 5.32 Å². The normalized spacial score (nSPS) is 23.6. The molecule has 98 heavy (non-hydrogen) atoms. The van der Waals surface area contributed by atoms with Gasteiger partial charge in [-0.25, -0.2) is 4.79 Å². The Morgan fingerprint density at radius 3 is 1.71 bits per heavy atom. The van der Waals surface area contributed by atoms with Crippen molar-refractivity contribution in [3.63, 3.8) is 0 Å². The molecule has 0 saturated carbocycles. The highest BCUT2D eigenvalue weighted by Gasteiger charge is 2.48. The third-order valence-electron chi connectivity index (χ3n) is 19.0.